The van der Waals surface area contributed by atoms with E-state index < -0.39 is 0 Å². The van der Waals surface area contributed by atoms with E-state index >= 15 is 0 Å². The van der Waals surface area contributed by atoms with Crippen LogP contribution in [0.15, 0.2) is 0 Å². The number of amides is 1. The summed E-state index contributed by atoms with van der Waals surface area (Å²) in [5.41, 5.74) is 0. The Labute approximate surface area is 110 Å². The maximum Gasteiger partial charge on any atom is 0.240 e. The molecular weight excluding hydrogens is 226 g/mol. The molecule has 0 radical (unpaired) electrons. The lowest BCUT2D eigenvalue weighted by atomic mass is 10.1. The minimum atomic E-state index is 0.0699. The van der Waals surface area contributed by atoms with Crippen LogP contribution in [0.25, 0.3) is 0 Å². The molecule has 3 aliphatic heterocycles. The number of carbonyl (C=O) groups is 1. The molecule has 0 bridgehead atoms. The molecule has 3 aliphatic rings. The third-order valence-electron chi connectivity index (χ3n) is 4.75. The molecule has 3 fully saturated rings. The maximum absolute atomic E-state index is 12.5. The first-order chi connectivity index (χ1) is 8.66. The van der Waals surface area contributed by atoms with Gasteiger partial charge in [-0.1, -0.05) is 13.8 Å². The van der Waals surface area contributed by atoms with Crippen LogP contribution in [0.2, 0.25) is 0 Å². The average Bonchev–Trinajstić information content (AvgIpc) is 2.96. The largest absolute Gasteiger partial charge is 0.337 e. The molecule has 3 atom stereocenters. The van der Waals surface area contributed by atoms with Crippen molar-refractivity contribution in [1.29, 1.82) is 0 Å². The summed E-state index contributed by atoms with van der Waals surface area (Å²) in [4.78, 5) is 17.2. The molecule has 3 heterocycles. The second kappa shape index (κ2) is 4.82. The van der Waals surface area contributed by atoms with Gasteiger partial charge < -0.3 is 10.2 Å². The predicted octanol–water partition coefficient (Wildman–Crippen LogP) is 0.822. The summed E-state index contributed by atoms with van der Waals surface area (Å²) in [6, 6.07) is 1.62. The Morgan fingerprint density at radius 2 is 1.94 bits per heavy atom. The van der Waals surface area contributed by atoms with Crippen molar-refractivity contribution in [3.63, 3.8) is 0 Å². The topological polar surface area (TPSA) is 35.6 Å². The van der Waals surface area contributed by atoms with Crippen LogP contribution in [0.4, 0.5) is 0 Å². The highest BCUT2D eigenvalue weighted by Crippen LogP contribution is 2.33. The summed E-state index contributed by atoms with van der Waals surface area (Å²) in [5.74, 6) is 0.349. The molecule has 1 N–H and O–H groups in total. The molecule has 0 spiro atoms. The molecule has 0 aromatic carbocycles. The summed E-state index contributed by atoms with van der Waals surface area (Å²) >= 11 is 0. The number of carbonyl (C=O) groups excluding carboxylic acids is 1. The lowest BCUT2D eigenvalue weighted by Crippen LogP contribution is -2.47. The lowest BCUT2D eigenvalue weighted by molar-refractivity contribution is -0.131. The van der Waals surface area contributed by atoms with E-state index in [-0.39, 0.29) is 6.04 Å². The van der Waals surface area contributed by atoms with Gasteiger partial charge in [-0.25, -0.2) is 0 Å². The van der Waals surface area contributed by atoms with Crippen LogP contribution in [0.1, 0.15) is 39.5 Å². The van der Waals surface area contributed by atoms with E-state index in [1.165, 1.54) is 32.4 Å². The number of hydrogen-bond acceptors (Lipinski definition) is 3. The Balaban J connectivity index is 1.65. The number of likely N-dealkylation sites (tertiary alicyclic amines) is 1. The Bertz CT molecular complexity index is 331. The van der Waals surface area contributed by atoms with E-state index in [1.54, 1.807) is 0 Å². The van der Waals surface area contributed by atoms with Gasteiger partial charge in [0.1, 0.15) is 0 Å². The molecule has 0 aromatic heterocycles. The molecule has 0 aromatic rings. The number of nitrogens with zero attached hydrogens (tertiary/aromatic N) is 2. The van der Waals surface area contributed by atoms with Gasteiger partial charge in [0.05, 0.1) is 6.04 Å². The maximum atomic E-state index is 12.5. The van der Waals surface area contributed by atoms with Crippen LogP contribution in [-0.2, 0) is 4.79 Å². The molecule has 4 heteroatoms. The summed E-state index contributed by atoms with van der Waals surface area (Å²) < 4.78 is 0. The highest BCUT2D eigenvalue weighted by atomic mass is 16.2. The molecule has 0 aliphatic carbocycles. The smallest absolute Gasteiger partial charge is 0.240 e. The zero-order chi connectivity index (χ0) is 12.7. The number of fused-ring (bicyclic) bond motifs is 1. The van der Waals surface area contributed by atoms with Crippen molar-refractivity contribution in [3.8, 4) is 0 Å². The zero-order valence-corrected chi connectivity index (χ0v) is 11.6. The van der Waals surface area contributed by atoms with E-state index in [9.17, 15) is 4.79 Å². The zero-order valence-electron chi connectivity index (χ0n) is 11.6. The van der Waals surface area contributed by atoms with Gasteiger partial charge >= 0.3 is 0 Å². The van der Waals surface area contributed by atoms with E-state index in [4.69, 9.17) is 0 Å². The van der Waals surface area contributed by atoms with Gasteiger partial charge in [-0.05, 0) is 32.2 Å². The average molecular weight is 251 g/mol. The second-order valence-corrected chi connectivity index (χ2v) is 6.30. The first-order valence-electron chi connectivity index (χ1n) is 7.47. The van der Waals surface area contributed by atoms with Crippen LogP contribution in [-0.4, -0.2) is 59.5 Å². The van der Waals surface area contributed by atoms with Gasteiger partial charge in [0.15, 0.2) is 0 Å². The van der Waals surface area contributed by atoms with Crippen molar-refractivity contribution >= 4 is 5.91 Å². The summed E-state index contributed by atoms with van der Waals surface area (Å²) in [5, 5.41) is 3.40. The first-order valence-corrected chi connectivity index (χ1v) is 7.47. The minimum Gasteiger partial charge on any atom is -0.337 e. The normalized spacial score (nSPS) is 36.9. The monoisotopic (exact) mass is 251 g/mol. The van der Waals surface area contributed by atoms with Crippen LogP contribution in [0.3, 0.4) is 0 Å². The van der Waals surface area contributed by atoms with Crippen LogP contribution < -0.4 is 5.32 Å². The predicted molar refractivity (Wildman–Crippen MR) is 71.4 cm³/mol. The SMILES string of the molecule is CC(C)NC1CCN(C2CCN3CCCC23)C1=O. The highest BCUT2D eigenvalue weighted by Gasteiger charge is 2.45. The number of hydrogen-bond donors (Lipinski definition) is 1. The lowest BCUT2D eigenvalue weighted by Gasteiger charge is -2.29. The van der Waals surface area contributed by atoms with Gasteiger partial charge in [0, 0.05) is 31.2 Å². The summed E-state index contributed by atoms with van der Waals surface area (Å²) in [7, 11) is 0. The third kappa shape index (κ3) is 2.05. The fraction of sp³-hybridized carbons (Fsp3) is 0.929. The van der Waals surface area contributed by atoms with Crippen molar-refractivity contribution in [2.24, 2.45) is 0 Å². The van der Waals surface area contributed by atoms with E-state index in [1.807, 2.05) is 0 Å². The van der Waals surface area contributed by atoms with E-state index in [0.29, 0.717) is 24.0 Å². The fourth-order valence-corrected chi connectivity index (χ4v) is 4.01. The van der Waals surface area contributed by atoms with Crippen molar-refractivity contribution in [1.82, 2.24) is 15.1 Å². The van der Waals surface area contributed by atoms with Gasteiger partial charge in [-0.2, -0.15) is 0 Å². The van der Waals surface area contributed by atoms with Crippen molar-refractivity contribution in [2.75, 3.05) is 19.6 Å². The summed E-state index contributed by atoms with van der Waals surface area (Å²) in [6.45, 7) is 7.63. The number of nitrogens with one attached hydrogen (secondary N) is 1. The third-order valence-corrected chi connectivity index (χ3v) is 4.75. The molecule has 0 saturated carbocycles. The minimum absolute atomic E-state index is 0.0699. The van der Waals surface area contributed by atoms with Crippen LogP contribution in [0.5, 0.6) is 0 Å². The molecule has 3 rings (SSSR count). The molecule has 3 unspecified atom stereocenters. The fourth-order valence-electron chi connectivity index (χ4n) is 4.01. The van der Waals surface area contributed by atoms with Crippen molar-refractivity contribution in [3.05, 3.63) is 0 Å². The molecule has 3 saturated heterocycles. The van der Waals surface area contributed by atoms with Gasteiger partial charge in [0.2, 0.25) is 5.91 Å². The van der Waals surface area contributed by atoms with Gasteiger partial charge in [-0.15, -0.1) is 0 Å². The van der Waals surface area contributed by atoms with Gasteiger partial charge in [0.25, 0.3) is 0 Å². The van der Waals surface area contributed by atoms with E-state index in [0.717, 1.165) is 13.0 Å². The Morgan fingerprint density at radius 3 is 2.72 bits per heavy atom. The molecule has 102 valence electrons. The highest BCUT2D eigenvalue weighted by molar-refractivity contribution is 5.84. The van der Waals surface area contributed by atoms with Crippen molar-refractivity contribution < 1.29 is 4.79 Å². The van der Waals surface area contributed by atoms with Gasteiger partial charge in [-0.3, -0.25) is 9.69 Å². The number of rotatable bonds is 3. The Morgan fingerprint density at radius 1 is 1.11 bits per heavy atom. The van der Waals surface area contributed by atoms with Crippen molar-refractivity contribution in [2.45, 2.75) is 63.7 Å². The molecular formula is C14H25N3O. The van der Waals surface area contributed by atoms with E-state index in [2.05, 4.69) is 29.0 Å². The van der Waals surface area contributed by atoms with Crippen LogP contribution >= 0.6 is 0 Å². The quantitative estimate of drug-likeness (QED) is 0.807. The Hall–Kier alpha value is -0.610. The standard InChI is InChI=1S/C14H25N3O/c1-10(2)15-11-5-9-17(14(11)18)13-6-8-16-7-3-4-12(13)16/h10-13,15H,3-9H2,1-2H3. The molecule has 1 amide bonds. The molecule has 18 heavy (non-hydrogen) atoms. The Kier molecular flexibility index (Phi) is 3.32. The first kappa shape index (κ1) is 12.4. The second-order valence-electron chi connectivity index (χ2n) is 6.30. The van der Waals surface area contributed by atoms with Crippen LogP contribution in [0, 0.1) is 0 Å². The molecule has 4 nitrogen and oxygen atoms in total. The summed E-state index contributed by atoms with van der Waals surface area (Å²) in [6.07, 6.45) is 4.78.